The number of aryl methyl sites for hydroxylation is 1. The van der Waals surface area contributed by atoms with Crippen LogP contribution in [-0.2, 0) is 23.0 Å². The Balaban J connectivity index is 2.15. The van der Waals surface area contributed by atoms with Crippen molar-refractivity contribution in [2.75, 3.05) is 12.9 Å². The molecular weight excluding hydrogens is 333 g/mol. The highest BCUT2D eigenvalue weighted by Gasteiger charge is 2.22. The van der Waals surface area contributed by atoms with Gasteiger partial charge in [0.05, 0.1) is 0 Å². The van der Waals surface area contributed by atoms with E-state index in [2.05, 4.69) is 0 Å². The van der Waals surface area contributed by atoms with E-state index in [4.69, 9.17) is 11.6 Å². The molecule has 0 aliphatic rings. The van der Waals surface area contributed by atoms with Crippen LogP contribution in [0, 0.1) is 5.82 Å². The third-order valence-corrected chi connectivity index (χ3v) is 6.57. The second kappa shape index (κ2) is 6.87. The number of sulfonamides is 1. The Bertz CT molecular complexity index is 698. The van der Waals surface area contributed by atoms with Gasteiger partial charge in [0, 0.05) is 24.3 Å². The van der Waals surface area contributed by atoms with Crippen LogP contribution >= 0.6 is 22.9 Å². The van der Waals surface area contributed by atoms with Crippen LogP contribution in [0.2, 0.25) is 0 Å². The third-order valence-electron chi connectivity index (χ3n) is 2.96. The minimum atomic E-state index is -3.53. The molecular formula is C14H15ClFNO2S2. The lowest BCUT2D eigenvalue weighted by atomic mass is 10.2. The Morgan fingerprint density at radius 1 is 1.19 bits per heavy atom. The number of thiophene rings is 1. The van der Waals surface area contributed by atoms with Crippen molar-refractivity contribution >= 4 is 33.0 Å². The molecule has 3 nitrogen and oxygen atoms in total. The second-order valence-corrected chi connectivity index (χ2v) is 8.37. The molecule has 2 aromatic rings. The quantitative estimate of drug-likeness (QED) is 0.750. The van der Waals surface area contributed by atoms with Gasteiger partial charge in [-0.2, -0.15) is 4.31 Å². The smallest absolute Gasteiger partial charge is 0.207 e. The van der Waals surface area contributed by atoms with Crippen LogP contribution in [-0.4, -0.2) is 25.7 Å². The summed E-state index contributed by atoms with van der Waals surface area (Å²) in [4.78, 5) is 0.943. The maximum atomic E-state index is 12.9. The molecule has 2 rings (SSSR count). The van der Waals surface area contributed by atoms with E-state index in [-0.39, 0.29) is 12.4 Å². The van der Waals surface area contributed by atoms with Crippen molar-refractivity contribution in [3.8, 4) is 0 Å². The molecule has 0 fully saturated rings. The number of rotatable bonds is 6. The van der Waals surface area contributed by atoms with E-state index < -0.39 is 10.0 Å². The Morgan fingerprint density at radius 2 is 1.86 bits per heavy atom. The van der Waals surface area contributed by atoms with E-state index in [1.165, 1.54) is 34.8 Å². The standard InChI is InChI=1S/C14H15ClFNO2S2/c1-17(10-11-2-4-12(16)5-3-11)21(18,19)14-7-6-13(20-14)8-9-15/h2-7H,8-10H2,1H3. The fraction of sp³-hybridized carbons (Fsp3) is 0.286. The number of alkyl halides is 1. The highest BCUT2D eigenvalue weighted by atomic mass is 35.5. The van der Waals surface area contributed by atoms with Gasteiger partial charge in [0.15, 0.2) is 0 Å². The van der Waals surface area contributed by atoms with Crippen LogP contribution in [0.15, 0.2) is 40.6 Å². The molecule has 1 heterocycles. The lowest BCUT2D eigenvalue weighted by Crippen LogP contribution is -2.25. The first kappa shape index (κ1) is 16.4. The minimum Gasteiger partial charge on any atom is -0.207 e. The normalized spacial score (nSPS) is 12.0. The monoisotopic (exact) mass is 347 g/mol. The molecule has 7 heteroatoms. The zero-order valence-corrected chi connectivity index (χ0v) is 13.8. The number of nitrogens with zero attached hydrogens (tertiary/aromatic N) is 1. The number of halogens is 2. The zero-order chi connectivity index (χ0) is 15.5. The van der Waals surface area contributed by atoms with Gasteiger partial charge in [0.2, 0.25) is 0 Å². The van der Waals surface area contributed by atoms with E-state index in [1.54, 1.807) is 24.3 Å². The molecule has 1 aromatic carbocycles. The molecule has 0 aliphatic heterocycles. The van der Waals surface area contributed by atoms with Crippen LogP contribution in [0.1, 0.15) is 10.4 Å². The lowest BCUT2D eigenvalue weighted by Gasteiger charge is -2.16. The van der Waals surface area contributed by atoms with Gasteiger partial charge in [0.1, 0.15) is 10.0 Å². The Kier molecular flexibility index (Phi) is 5.37. The summed E-state index contributed by atoms with van der Waals surface area (Å²) in [5, 5.41) is 0. The Morgan fingerprint density at radius 3 is 2.48 bits per heavy atom. The summed E-state index contributed by atoms with van der Waals surface area (Å²) in [5.74, 6) is 0.124. The summed E-state index contributed by atoms with van der Waals surface area (Å²) >= 11 is 6.89. The summed E-state index contributed by atoms with van der Waals surface area (Å²) in [5.41, 5.74) is 0.736. The predicted molar refractivity (Wildman–Crippen MR) is 83.8 cm³/mol. The molecule has 0 amide bonds. The molecule has 1 aromatic heterocycles. The van der Waals surface area contributed by atoms with Crippen molar-refractivity contribution in [1.29, 1.82) is 0 Å². The lowest BCUT2D eigenvalue weighted by molar-refractivity contribution is 0.468. The van der Waals surface area contributed by atoms with Gasteiger partial charge in [-0.1, -0.05) is 12.1 Å². The first-order chi connectivity index (χ1) is 9.93. The largest absolute Gasteiger partial charge is 0.252 e. The molecule has 0 N–H and O–H groups in total. The molecule has 0 spiro atoms. The molecule has 0 saturated carbocycles. The van der Waals surface area contributed by atoms with Gasteiger partial charge < -0.3 is 0 Å². The number of hydrogen-bond donors (Lipinski definition) is 0. The second-order valence-electron chi connectivity index (χ2n) is 4.55. The average Bonchev–Trinajstić information content (AvgIpc) is 2.91. The van der Waals surface area contributed by atoms with Gasteiger partial charge in [0.25, 0.3) is 10.0 Å². The SMILES string of the molecule is CN(Cc1ccc(F)cc1)S(=O)(=O)c1ccc(CCCl)s1. The van der Waals surface area contributed by atoms with Gasteiger partial charge in [-0.15, -0.1) is 22.9 Å². The summed E-state index contributed by atoms with van der Waals surface area (Å²) in [6.07, 6.45) is 0.656. The predicted octanol–water partition coefficient (Wildman–Crippen LogP) is 3.49. The number of hydrogen-bond acceptors (Lipinski definition) is 3. The fourth-order valence-electron chi connectivity index (χ4n) is 1.81. The fourth-order valence-corrected chi connectivity index (χ4v) is 4.85. The molecule has 0 radical (unpaired) electrons. The average molecular weight is 348 g/mol. The van der Waals surface area contributed by atoms with Crippen molar-refractivity contribution in [1.82, 2.24) is 4.31 Å². The van der Waals surface area contributed by atoms with E-state index in [0.717, 1.165) is 10.4 Å². The zero-order valence-electron chi connectivity index (χ0n) is 11.4. The van der Waals surface area contributed by atoms with Crippen molar-refractivity contribution in [2.24, 2.45) is 0 Å². The van der Waals surface area contributed by atoms with Crippen molar-refractivity contribution in [2.45, 2.75) is 17.2 Å². The van der Waals surface area contributed by atoms with Gasteiger partial charge in [-0.25, -0.2) is 12.8 Å². The Hall–Kier alpha value is -0.950. The number of benzene rings is 1. The van der Waals surface area contributed by atoms with Crippen LogP contribution in [0.3, 0.4) is 0 Å². The summed E-state index contributed by atoms with van der Waals surface area (Å²) in [6, 6.07) is 9.18. The molecule has 0 atom stereocenters. The Labute approximate surface area is 133 Å². The maximum absolute atomic E-state index is 12.9. The van der Waals surface area contributed by atoms with Crippen LogP contribution in [0.5, 0.6) is 0 Å². The van der Waals surface area contributed by atoms with Crippen molar-refractivity contribution < 1.29 is 12.8 Å². The maximum Gasteiger partial charge on any atom is 0.252 e. The summed E-state index contributed by atoms with van der Waals surface area (Å²) < 4.78 is 39.3. The van der Waals surface area contributed by atoms with Gasteiger partial charge >= 0.3 is 0 Å². The highest BCUT2D eigenvalue weighted by Crippen LogP contribution is 2.25. The topological polar surface area (TPSA) is 37.4 Å². The van der Waals surface area contributed by atoms with Crippen LogP contribution < -0.4 is 0 Å². The first-order valence-corrected chi connectivity index (χ1v) is 9.08. The van der Waals surface area contributed by atoms with Gasteiger partial charge in [-0.3, -0.25) is 0 Å². The van der Waals surface area contributed by atoms with Gasteiger partial charge in [-0.05, 0) is 36.2 Å². The molecule has 0 saturated heterocycles. The summed E-state index contributed by atoms with van der Waals surface area (Å²) in [7, 11) is -2.02. The van der Waals surface area contributed by atoms with Crippen molar-refractivity contribution in [3.05, 3.63) is 52.7 Å². The van der Waals surface area contributed by atoms with E-state index in [1.807, 2.05) is 0 Å². The van der Waals surface area contributed by atoms with E-state index in [0.29, 0.717) is 16.5 Å². The molecule has 0 aliphatic carbocycles. The van der Waals surface area contributed by atoms with E-state index in [9.17, 15) is 12.8 Å². The van der Waals surface area contributed by atoms with Crippen LogP contribution in [0.25, 0.3) is 0 Å². The molecule has 21 heavy (non-hydrogen) atoms. The molecule has 0 bridgehead atoms. The molecule has 114 valence electrons. The van der Waals surface area contributed by atoms with Crippen LogP contribution in [0.4, 0.5) is 4.39 Å². The van der Waals surface area contributed by atoms with E-state index >= 15 is 0 Å². The highest BCUT2D eigenvalue weighted by molar-refractivity contribution is 7.91. The molecule has 0 unspecified atom stereocenters. The summed E-state index contributed by atoms with van der Waals surface area (Å²) in [6.45, 7) is 0.200. The van der Waals surface area contributed by atoms with Crippen molar-refractivity contribution in [3.63, 3.8) is 0 Å². The minimum absolute atomic E-state index is 0.200. The first-order valence-electron chi connectivity index (χ1n) is 6.29. The third kappa shape index (κ3) is 4.03.